The maximum Gasteiger partial charge on any atom is 0.148 e. The summed E-state index contributed by atoms with van der Waals surface area (Å²) in [6.45, 7) is 3.71. The molecule has 1 N–H and O–H groups in total. The minimum absolute atomic E-state index is 0.747. The third-order valence-electron chi connectivity index (χ3n) is 2.02. The molecule has 0 aliphatic carbocycles. The van der Waals surface area contributed by atoms with Crippen LogP contribution in [0.4, 0.5) is 5.82 Å². The first kappa shape index (κ1) is 8.87. The number of anilines is 1. The van der Waals surface area contributed by atoms with Crippen molar-refractivity contribution in [3.05, 3.63) is 36.4 Å². The predicted molar refractivity (Wildman–Crippen MR) is 53.9 cm³/mol. The van der Waals surface area contributed by atoms with E-state index in [4.69, 9.17) is 4.42 Å². The van der Waals surface area contributed by atoms with Crippen molar-refractivity contribution >= 4 is 5.82 Å². The largest absolute Gasteiger partial charge is 0.472 e. The van der Waals surface area contributed by atoms with Crippen LogP contribution in [0.2, 0.25) is 0 Å². The Bertz CT molecular complexity index is 378. The standard InChI is InChI=1S/C10H13N3O/c1-2-13-5-3-10(12-13)11-7-9-4-6-14-8-9/h3-6,8H,2,7H2,1H3,(H,11,12). The zero-order valence-electron chi connectivity index (χ0n) is 8.10. The van der Waals surface area contributed by atoms with Crippen molar-refractivity contribution in [1.29, 1.82) is 0 Å². The Hall–Kier alpha value is -1.71. The molecule has 0 aliphatic heterocycles. The van der Waals surface area contributed by atoms with Crippen LogP contribution in [0.5, 0.6) is 0 Å². The van der Waals surface area contributed by atoms with Crippen LogP contribution in [0.1, 0.15) is 12.5 Å². The van der Waals surface area contributed by atoms with Crippen LogP contribution >= 0.6 is 0 Å². The fraction of sp³-hybridized carbons (Fsp3) is 0.300. The van der Waals surface area contributed by atoms with Crippen molar-refractivity contribution in [1.82, 2.24) is 9.78 Å². The van der Waals surface area contributed by atoms with Gasteiger partial charge >= 0.3 is 0 Å². The van der Waals surface area contributed by atoms with E-state index in [2.05, 4.69) is 17.3 Å². The molecule has 0 saturated heterocycles. The van der Waals surface area contributed by atoms with E-state index in [1.165, 1.54) is 0 Å². The van der Waals surface area contributed by atoms with Gasteiger partial charge in [-0.15, -0.1) is 0 Å². The van der Waals surface area contributed by atoms with Crippen molar-refractivity contribution in [3.8, 4) is 0 Å². The van der Waals surface area contributed by atoms with Gasteiger partial charge in [0.2, 0.25) is 0 Å². The van der Waals surface area contributed by atoms with E-state index in [0.29, 0.717) is 0 Å². The summed E-state index contributed by atoms with van der Waals surface area (Å²) in [4.78, 5) is 0. The lowest BCUT2D eigenvalue weighted by Crippen LogP contribution is -2.00. The molecule has 0 spiro atoms. The monoisotopic (exact) mass is 191 g/mol. The molecule has 0 unspecified atom stereocenters. The van der Waals surface area contributed by atoms with E-state index in [9.17, 15) is 0 Å². The van der Waals surface area contributed by atoms with Gasteiger partial charge in [0.25, 0.3) is 0 Å². The maximum absolute atomic E-state index is 4.96. The summed E-state index contributed by atoms with van der Waals surface area (Å²) >= 11 is 0. The molecule has 2 rings (SSSR count). The van der Waals surface area contributed by atoms with E-state index >= 15 is 0 Å². The highest BCUT2D eigenvalue weighted by atomic mass is 16.3. The minimum Gasteiger partial charge on any atom is -0.472 e. The summed E-state index contributed by atoms with van der Waals surface area (Å²) in [6, 6.07) is 3.90. The van der Waals surface area contributed by atoms with Gasteiger partial charge in [-0.2, -0.15) is 5.10 Å². The van der Waals surface area contributed by atoms with E-state index in [1.807, 2.05) is 23.0 Å². The number of nitrogens with one attached hydrogen (secondary N) is 1. The Labute approximate surface area is 82.5 Å². The Balaban J connectivity index is 1.92. The molecule has 0 bridgehead atoms. The summed E-state index contributed by atoms with van der Waals surface area (Å²) in [5.74, 6) is 0.896. The topological polar surface area (TPSA) is 43.0 Å². The molecule has 0 fully saturated rings. The molecule has 0 radical (unpaired) electrons. The van der Waals surface area contributed by atoms with E-state index in [0.717, 1.165) is 24.5 Å². The van der Waals surface area contributed by atoms with Crippen LogP contribution in [-0.2, 0) is 13.1 Å². The Morgan fingerprint density at radius 3 is 3.07 bits per heavy atom. The highest BCUT2D eigenvalue weighted by molar-refractivity contribution is 5.33. The average Bonchev–Trinajstić information content (AvgIpc) is 2.86. The van der Waals surface area contributed by atoms with Gasteiger partial charge in [0.1, 0.15) is 5.82 Å². The summed E-state index contributed by atoms with van der Waals surface area (Å²) in [7, 11) is 0. The first-order valence-electron chi connectivity index (χ1n) is 4.67. The second-order valence-corrected chi connectivity index (χ2v) is 3.04. The van der Waals surface area contributed by atoms with Gasteiger partial charge in [0.05, 0.1) is 12.5 Å². The number of aryl methyl sites for hydroxylation is 1. The van der Waals surface area contributed by atoms with Crippen LogP contribution in [-0.4, -0.2) is 9.78 Å². The molecule has 2 aromatic rings. The maximum atomic E-state index is 4.96. The van der Waals surface area contributed by atoms with Crippen LogP contribution in [0.15, 0.2) is 35.3 Å². The van der Waals surface area contributed by atoms with Crippen LogP contribution in [0.3, 0.4) is 0 Å². The van der Waals surface area contributed by atoms with Gasteiger partial charge in [-0.3, -0.25) is 4.68 Å². The summed E-state index contributed by atoms with van der Waals surface area (Å²) in [5, 5.41) is 7.51. The van der Waals surface area contributed by atoms with Gasteiger partial charge < -0.3 is 9.73 Å². The SMILES string of the molecule is CCn1ccc(NCc2ccoc2)n1. The van der Waals surface area contributed by atoms with Gasteiger partial charge in [-0.25, -0.2) is 0 Å². The second kappa shape index (κ2) is 4.00. The molecule has 0 aliphatic rings. The summed E-state index contributed by atoms with van der Waals surface area (Å²) in [5.41, 5.74) is 1.12. The lowest BCUT2D eigenvalue weighted by atomic mass is 10.3. The van der Waals surface area contributed by atoms with Crippen molar-refractivity contribution in [2.24, 2.45) is 0 Å². The molecule has 0 saturated carbocycles. The highest BCUT2D eigenvalue weighted by Crippen LogP contribution is 2.06. The van der Waals surface area contributed by atoms with Crippen molar-refractivity contribution in [3.63, 3.8) is 0 Å². The Morgan fingerprint density at radius 1 is 1.50 bits per heavy atom. The van der Waals surface area contributed by atoms with Gasteiger partial charge in [-0.05, 0) is 13.0 Å². The zero-order valence-corrected chi connectivity index (χ0v) is 8.10. The fourth-order valence-electron chi connectivity index (χ4n) is 1.22. The second-order valence-electron chi connectivity index (χ2n) is 3.04. The molecule has 2 heterocycles. The Morgan fingerprint density at radius 2 is 2.43 bits per heavy atom. The average molecular weight is 191 g/mol. The molecule has 2 aromatic heterocycles. The lowest BCUT2D eigenvalue weighted by molar-refractivity contribution is 0.564. The molecule has 4 nitrogen and oxygen atoms in total. The van der Waals surface area contributed by atoms with Gasteiger partial charge in [0, 0.05) is 30.9 Å². The normalized spacial score (nSPS) is 10.4. The quantitative estimate of drug-likeness (QED) is 0.804. The van der Waals surface area contributed by atoms with E-state index < -0.39 is 0 Å². The molecule has 0 amide bonds. The summed E-state index contributed by atoms with van der Waals surface area (Å²) in [6.07, 6.45) is 5.35. The number of hydrogen-bond acceptors (Lipinski definition) is 3. The predicted octanol–water partition coefficient (Wildman–Crippen LogP) is 2.11. The molecular weight excluding hydrogens is 178 g/mol. The third kappa shape index (κ3) is 1.96. The summed E-state index contributed by atoms with van der Waals surface area (Å²) < 4.78 is 6.85. The van der Waals surface area contributed by atoms with Crippen molar-refractivity contribution in [2.45, 2.75) is 20.0 Å². The van der Waals surface area contributed by atoms with E-state index in [1.54, 1.807) is 12.5 Å². The van der Waals surface area contributed by atoms with Crippen LogP contribution in [0, 0.1) is 0 Å². The van der Waals surface area contributed by atoms with Gasteiger partial charge in [-0.1, -0.05) is 0 Å². The van der Waals surface area contributed by atoms with Crippen molar-refractivity contribution < 1.29 is 4.42 Å². The fourth-order valence-corrected chi connectivity index (χ4v) is 1.22. The van der Waals surface area contributed by atoms with Crippen LogP contribution < -0.4 is 5.32 Å². The molecule has 14 heavy (non-hydrogen) atoms. The number of nitrogens with zero attached hydrogens (tertiary/aromatic N) is 2. The zero-order chi connectivity index (χ0) is 9.80. The molecular formula is C10H13N3O. The molecule has 4 heteroatoms. The van der Waals surface area contributed by atoms with Gasteiger partial charge in [0.15, 0.2) is 0 Å². The Kier molecular flexibility index (Phi) is 2.53. The number of hydrogen-bond donors (Lipinski definition) is 1. The minimum atomic E-state index is 0.747. The lowest BCUT2D eigenvalue weighted by Gasteiger charge is -1.99. The van der Waals surface area contributed by atoms with E-state index in [-0.39, 0.29) is 0 Å². The number of aromatic nitrogens is 2. The molecule has 0 atom stereocenters. The third-order valence-corrected chi connectivity index (χ3v) is 2.02. The van der Waals surface area contributed by atoms with Crippen LogP contribution in [0.25, 0.3) is 0 Å². The molecule has 0 aromatic carbocycles. The molecule has 74 valence electrons. The number of furan rings is 1. The highest BCUT2D eigenvalue weighted by Gasteiger charge is 1.97. The number of rotatable bonds is 4. The smallest absolute Gasteiger partial charge is 0.148 e. The first-order chi connectivity index (χ1) is 6.88. The first-order valence-corrected chi connectivity index (χ1v) is 4.67. The van der Waals surface area contributed by atoms with Crippen molar-refractivity contribution in [2.75, 3.05) is 5.32 Å².